The molecule has 1 aromatic carbocycles. The van der Waals surface area contributed by atoms with Gasteiger partial charge in [-0.1, -0.05) is 48.6 Å². The molecule has 1 unspecified atom stereocenters. The molecule has 0 radical (unpaired) electrons. The van der Waals surface area contributed by atoms with E-state index in [9.17, 15) is 4.79 Å². The minimum Gasteiger partial charge on any atom is -0.481 e. The van der Waals surface area contributed by atoms with E-state index in [1.807, 2.05) is 24.3 Å². The molecule has 5 heteroatoms. The van der Waals surface area contributed by atoms with E-state index in [1.165, 1.54) is 37.7 Å². The van der Waals surface area contributed by atoms with Crippen molar-refractivity contribution in [2.45, 2.75) is 50.5 Å². The topological polar surface area (TPSA) is 86.1 Å². The number of carboxylic acid groups (broad SMARTS) is 1. The third-order valence-electron chi connectivity index (χ3n) is 3.96. The molecule has 0 spiro atoms. The van der Waals surface area contributed by atoms with Gasteiger partial charge < -0.3 is 5.11 Å². The SMILES string of the molecule is [N-]=[N+]=NC(CC(=O)O)c1ccc(C2CCCCC2)cc1. The highest BCUT2D eigenvalue weighted by Gasteiger charge is 2.17. The number of rotatable bonds is 5. The molecule has 0 heterocycles. The van der Waals surface area contributed by atoms with Gasteiger partial charge in [0.25, 0.3) is 0 Å². The predicted octanol–water partition coefficient (Wildman–Crippen LogP) is 4.56. The first-order valence-electron chi connectivity index (χ1n) is 7.06. The average molecular weight is 273 g/mol. The van der Waals surface area contributed by atoms with E-state index in [4.69, 9.17) is 10.6 Å². The van der Waals surface area contributed by atoms with E-state index in [2.05, 4.69) is 10.0 Å². The first kappa shape index (κ1) is 14.4. The Morgan fingerprint density at radius 3 is 2.50 bits per heavy atom. The lowest BCUT2D eigenvalue weighted by Gasteiger charge is -2.22. The molecule has 1 atom stereocenters. The Balaban J connectivity index is 2.12. The summed E-state index contributed by atoms with van der Waals surface area (Å²) >= 11 is 0. The second kappa shape index (κ2) is 6.96. The number of aliphatic carboxylic acids is 1. The molecule has 1 aliphatic carbocycles. The van der Waals surface area contributed by atoms with Gasteiger partial charge in [-0.05, 0) is 35.4 Å². The number of hydrogen-bond acceptors (Lipinski definition) is 2. The van der Waals surface area contributed by atoms with Crippen molar-refractivity contribution in [2.24, 2.45) is 5.11 Å². The quantitative estimate of drug-likeness (QED) is 0.484. The van der Waals surface area contributed by atoms with Gasteiger partial charge in [0.15, 0.2) is 0 Å². The van der Waals surface area contributed by atoms with Crippen LogP contribution in [0.2, 0.25) is 0 Å². The van der Waals surface area contributed by atoms with Crippen molar-refractivity contribution >= 4 is 5.97 Å². The molecule has 0 saturated heterocycles. The molecule has 106 valence electrons. The number of benzene rings is 1. The van der Waals surface area contributed by atoms with Crippen LogP contribution in [0.1, 0.15) is 61.6 Å². The molecule has 20 heavy (non-hydrogen) atoms. The van der Waals surface area contributed by atoms with Crippen molar-refractivity contribution in [3.05, 3.63) is 45.8 Å². The van der Waals surface area contributed by atoms with Gasteiger partial charge in [-0.25, -0.2) is 0 Å². The normalized spacial score (nSPS) is 17.2. The zero-order valence-corrected chi connectivity index (χ0v) is 11.4. The van der Waals surface area contributed by atoms with E-state index in [-0.39, 0.29) is 6.42 Å². The van der Waals surface area contributed by atoms with E-state index < -0.39 is 12.0 Å². The molecule has 1 N–H and O–H groups in total. The summed E-state index contributed by atoms with van der Waals surface area (Å²) in [6.07, 6.45) is 6.18. The zero-order valence-electron chi connectivity index (χ0n) is 11.4. The predicted molar refractivity (Wildman–Crippen MR) is 76.4 cm³/mol. The molecule has 2 rings (SSSR count). The average Bonchev–Trinajstić information content (AvgIpc) is 2.47. The van der Waals surface area contributed by atoms with E-state index in [1.54, 1.807) is 0 Å². The summed E-state index contributed by atoms with van der Waals surface area (Å²) in [4.78, 5) is 13.5. The van der Waals surface area contributed by atoms with Crippen molar-refractivity contribution in [3.63, 3.8) is 0 Å². The molecular weight excluding hydrogens is 254 g/mol. The van der Waals surface area contributed by atoms with Crippen LogP contribution in [-0.2, 0) is 4.79 Å². The van der Waals surface area contributed by atoms with Gasteiger partial charge in [0.1, 0.15) is 0 Å². The Kier molecular flexibility index (Phi) is 5.02. The molecule has 0 aromatic heterocycles. The van der Waals surface area contributed by atoms with Crippen LogP contribution in [-0.4, -0.2) is 11.1 Å². The molecule has 1 aromatic rings. The van der Waals surface area contributed by atoms with Crippen LogP contribution < -0.4 is 0 Å². The van der Waals surface area contributed by atoms with Gasteiger partial charge in [0.2, 0.25) is 0 Å². The van der Waals surface area contributed by atoms with Crippen molar-refractivity contribution in [3.8, 4) is 0 Å². The van der Waals surface area contributed by atoms with Crippen LogP contribution in [0.5, 0.6) is 0 Å². The summed E-state index contributed by atoms with van der Waals surface area (Å²) in [7, 11) is 0. The van der Waals surface area contributed by atoms with Gasteiger partial charge in [-0.15, -0.1) is 0 Å². The minimum absolute atomic E-state index is 0.174. The largest absolute Gasteiger partial charge is 0.481 e. The van der Waals surface area contributed by atoms with Crippen LogP contribution >= 0.6 is 0 Å². The number of nitrogens with zero attached hydrogens (tertiary/aromatic N) is 3. The second-order valence-corrected chi connectivity index (χ2v) is 5.32. The lowest BCUT2D eigenvalue weighted by molar-refractivity contribution is -0.137. The molecule has 0 amide bonds. The third kappa shape index (κ3) is 3.75. The highest BCUT2D eigenvalue weighted by molar-refractivity contribution is 5.68. The van der Waals surface area contributed by atoms with Crippen molar-refractivity contribution in [1.29, 1.82) is 0 Å². The van der Waals surface area contributed by atoms with E-state index >= 15 is 0 Å². The van der Waals surface area contributed by atoms with E-state index in [0.29, 0.717) is 5.92 Å². The van der Waals surface area contributed by atoms with Crippen molar-refractivity contribution in [1.82, 2.24) is 0 Å². The van der Waals surface area contributed by atoms with Gasteiger partial charge in [-0.3, -0.25) is 4.79 Å². The molecule has 1 saturated carbocycles. The van der Waals surface area contributed by atoms with Gasteiger partial charge in [0, 0.05) is 4.91 Å². The maximum Gasteiger partial charge on any atom is 0.304 e. The molecular formula is C15H19N3O2. The zero-order chi connectivity index (χ0) is 14.4. The van der Waals surface area contributed by atoms with Gasteiger partial charge in [0.05, 0.1) is 12.5 Å². The Morgan fingerprint density at radius 2 is 1.95 bits per heavy atom. The fourth-order valence-corrected chi connectivity index (χ4v) is 2.88. The van der Waals surface area contributed by atoms with Gasteiger partial charge >= 0.3 is 5.97 Å². The number of carboxylic acids is 1. The van der Waals surface area contributed by atoms with Gasteiger partial charge in [-0.2, -0.15) is 0 Å². The lowest BCUT2D eigenvalue weighted by Crippen LogP contribution is -2.06. The first-order chi connectivity index (χ1) is 9.70. The highest BCUT2D eigenvalue weighted by atomic mass is 16.4. The Morgan fingerprint density at radius 1 is 1.30 bits per heavy atom. The number of azide groups is 1. The summed E-state index contributed by atoms with van der Waals surface area (Å²) in [5.41, 5.74) is 10.6. The fraction of sp³-hybridized carbons (Fsp3) is 0.533. The minimum atomic E-state index is -0.959. The van der Waals surface area contributed by atoms with Crippen LogP contribution in [0.4, 0.5) is 0 Å². The summed E-state index contributed by atoms with van der Waals surface area (Å²) < 4.78 is 0. The molecule has 1 fully saturated rings. The number of carbonyl (C=O) groups is 1. The highest BCUT2D eigenvalue weighted by Crippen LogP contribution is 2.33. The van der Waals surface area contributed by atoms with Crippen LogP contribution in [0.3, 0.4) is 0 Å². The van der Waals surface area contributed by atoms with Crippen molar-refractivity contribution < 1.29 is 9.90 Å². The lowest BCUT2D eigenvalue weighted by atomic mass is 9.83. The first-order valence-corrected chi connectivity index (χ1v) is 7.06. The monoisotopic (exact) mass is 273 g/mol. The summed E-state index contributed by atoms with van der Waals surface area (Å²) in [6.45, 7) is 0. The summed E-state index contributed by atoms with van der Waals surface area (Å²) in [5, 5.41) is 12.4. The maximum absolute atomic E-state index is 10.8. The maximum atomic E-state index is 10.8. The van der Waals surface area contributed by atoms with Crippen molar-refractivity contribution in [2.75, 3.05) is 0 Å². The number of hydrogen-bond donors (Lipinski definition) is 1. The second-order valence-electron chi connectivity index (χ2n) is 5.32. The summed E-state index contributed by atoms with van der Waals surface area (Å²) in [5.74, 6) is -0.339. The molecule has 1 aliphatic rings. The standard InChI is InChI=1S/C15H19N3O2/c16-18-17-14(10-15(19)20)13-8-6-12(7-9-13)11-4-2-1-3-5-11/h6-9,11,14H,1-5,10H2,(H,19,20). The van der Waals surface area contributed by atoms with E-state index in [0.717, 1.165) is 5.56 Å². The molecule has 5 nitrogen and oxygen atoms in total. The molecule has 0 bridgehead atoms. The Bertz CT molecular complexity index is 500. The summed E-state index contributed by atoms with van der Waals surface area (Å²) in [6, 6.07) is 7.26. The molecule has 0 aliphatic heterocycles. The Labute approximate surface area is 118 Å². The Hall–Kier alpha value is -2.00. The van der Waals surface area contributed by atoms with Crippen LogP contribution in [0.25, 0.3) is 10.4 Å². The third-order valence-corrected chi connectivity index (χ3v) is 3.96. The fourth-order valence-electron chi connectivity index (χ4n) is 2.88. The smallest absolute Gasteiger partial charge is 0.304 e. The van der Waals surface area contributed by atoms with Crippen LogP contribution in [0, 0.1) is 0 Å². The van der Waals surface area contributed by atoms with Crippen LogP contribution in [0.15, 0.2) is 29.4 Å².